The number of nitrogens with zero attached hydrogens (tertiary/aromatic N) is 4. The van der Waals surface area contributed by atoms with Crippen LogP contribution in [0.2, 0.25) is 10.0 Å². The first-order chi connectivity index (χ1) is 21.3. The number of piperidine rings is 1. The lowest BCUT2D eigenvalue weighted by Gasteiger charge is -2.38. The average molecular weight is 647 g/mol. The Hall–Kier alpha value is -3.18. The number of carbonyl (C=O) groups is 1. The molecule has 1 amide bonds. The highest BCUT2D eigenvalue weighted by atomic mass is 35.5. The molecule has 0 spiro atoms. The molecule has 12 heteroatoms. The van der Waals surface area contributed by atoms with Crippen LogP contribution in [0.4, 0.5) is 15.8 Å². The summed E-state index contributed by atoms with van der Waals surface area (Å²) in [5.41, 5.74) is 1.14. The zero-order valence-corrected chi connectivity index (χ0v) is 26.4. The molecule has 44 heavy (non-hydrogen) atoms. The van der Waals surface area contributed by atoms with Crippen LogP contribution in [0.25, 0.3) is 0 Å². The molecule has 0 aromatic heterocycles. The van der Waals surface area contributed by atoms with Gasteiger partial charge in [0, 0.05) is 63.2 Å². The largest absolute Gasteiger partial charge is 0.490 e. The number of nitrogens with one attached hydrogen (secondary N) is 1. The van der Waals surface area contributed by atoms with Gasteiger partial charge in [0.05, 0.1) is 41.2 Å². The van der Waals surface area contributed by atoms with E-state index in [-0.39, 0.29) is 39.8 Å². The first-order valence-electron chi connectivity index (χ1n) is 14.9. The minimum absolute atomic E-state index is 0.0339. The molecule has 1 unspecified atom stereocenters. The number of benzene rings is 2. The molecule has 3 fully saturated rings. The van der Waals surface area contributed by atoms with E-state index in [9.17, 15) is 9.18 Å². The SMILES string of the molecule is C=CC(=O)N1[C@@H]2CC[C@H]1CC(Oc1cc(C(=NC)Nc3ccc(Cl)c(Cl)c3F)c(N=C)cc1OCCCN1CCOCC1)C2. The smallest absolute Gasteiger partial charge is 0.246 e. The van der Waals surface area contributed by atoms with E-state index >= 15 is 0 Å². The molecule has 9 nitrogen and oxygen atoms in total. The summed E-state index contributed by atoms with van der Waals surface area (Å²) < 4.78 is 33.3. The molecule has 3 saturated heterocycles. The highest BCUT2D eigenvalue weighted by molar-refractivity contribution is 6.42. The molecule has 0 saturated carbocycles. The molecule has 1 N–H and O–H groups in total. The number of aliphatic imine (C=N–C) groups is 2. The molecule has 236 valence electrons. The Morgan fingerprint density at radius 3 is 2.57 bits per heavy atom. The Balaban J connectivity index is 1.40. The molecule has 5 rings (SSSR count). The van der Waals surface area contributed by atoms with Crippen molar-refractivity contribution < 1.29 is 23.4 Å². The van der Waals surface area contributed by atoms with Crippen LogP contribution in [0.1, 0.15) is 37.7 Å². The van der Waals surface area contributed by atoms with Crippen molar-refractivity contribution >= 4 is 53.0 Å². The molecule has 2 aromatic carbocycles. The quantitative estimate of drug-likeness (QED) is 0.104. The summed E-state index contributed by atoms with van der Waals surface area (Å²) in [6.07, 6.45) is 5.35. The second-order valence-corrected chi connectivity index (χ2v) is 11.9. The summed E-state index contributed by atoms with van der Waals surface area (Å²) in [7, 11) is 1.59. The lowest BCUT2D eigenvalue weighted by atomic mass is 9.99. The van der Waals surface area contributed by atoms with Crippen molar-refractivity contribution in [3.8, 4) is 11.5 Å². The lowest BCUT2D eigenvalue weighted by Crippen LogP contribution is -2.48. The van der Waals surface area contributed by atoms with Gasteiger partial charge in [-0.25, -0.2) is 4.39 Å². The van der Waals surface area contributed by atoms with Crippen LogP contribution in [-0.2, 0) is 9.53 Å². The van der Waals surface area contributed by atoms with Crippen LogP contribution in [0.5, 0.6) is 11.5 Å². The number of hydrogen-bond donors (Lipinski definition) is 1. The van der Waals surface area contributed by atoms with Crippen LogP contribution in [0.15, 0.2) is 46.9 Å². The summed E-state index contributed by atoms with van der Waals surface area (Å²) >= 11 is 12.0. The minimum atomic E-state index is -0.693. The maximum Gasteiger partial charge on any atom is 0.246 e. The molecule has 0 aliphatic carbocycles. The van der Waals surface area contributed by atoms with E-state index in [1.54, 1.807) is 19.2 Å². The zero-order chi connectivity index (χ0) is 31.2. The van der Waals surface area contributed by atoms with Gasteiger partial charge in [-0.15, -0.1) is 0 Å². The van der Waals surface area contributed by atoms with Crippen molar-refractivity contribution in [3.63, 3.8) is 0 Å². The van der Waals surface area contributed by atoms with Gasteiger partial charge in [0.2, 0.25) is 5.91 Å². The third-order valence-electron chi connectivity index (χ3n) is 8.39. The van der Waals surface area contributed by atoms with E-state index in [4.69, 9.17) is 37.4 Å². The number of carbonyl (C=O) groups excluding carboxylic acids is 1. The van der Waals surface area contributed by atoms with E-state index in [0.717, 1.165) is 52.1 Å². The summed E-state index contributed by atoms with van der Waals surface area (Å²) in [4.78, 5) is 25.4. The number of fused-ring (bicyclic) bond motifs is 2. The van der Waals surface area contributed by atoms with Gasteiger partial charge in [-0.3, -0.25) is 19.7 Å². The van der Waals surface area contributed by atoms with Crippen LogP contribution in [0.3, 0.4) is 0 Å². The van der Waals surface area contributed by atoms with E-state index < -0.39 is 5.82 Å². The number of amidine groups is 1. The second-order valence-electron chi connectivity index (χ2n) is 11.1. The predicted octanol–water partition coefficient (Wildman–Crippen LogP) is 6.14. The topological polar surface area (TPSA) is 88.0 Å². The van der Waals surface area contributed by atoms with Gasteiger partial charge >= 0.3 is 0 Å². The van der Waals surface area contributed by atoms with Crippen molar-refractivity contribution in [2.24, 2.45) is 9.98 Å². The second kappa shape index (κ2) is 14.7. The van der Waals surface area contributed by atoms with Crippen molar-refractivity contribution in [3.05, 3.63) is 58.3 Å². The van der Waals surface area contributed by atoms with Crippen molar-refractivity contribution in [2.75, 3.05) is 51.8 Å². The summed E-state index contributed by atoms with van der Waals surface area (Å²) in [5, 5.41) is 2.95. The molecule has 2 bridgehead atoms. The molecular formula is C32H38Cl2FN5O4. The van der Waals surface area contributed by atoms with Crippen LogP contribution in [0, 0.1) is 5.82 Å². The first kappa shape index (κ1) is 32.2. The molecule has 3 heterocycles. The number of rotatable bonds is 11. The molecule has 3 aliphatic heterocycles. The van der Waals surface area contributed by atoms with Crippen LogP contribution in [-0.4, -0.2) is 93.0 Å². The molecule has 0 radical (unpaired) electrons. The Bertz CT molecular complexity index is 1400. The molecule has 2 aromatic rings. The zero-order valence-electron chi connectivity index (χ0n) is 24.9. The fraction of sp³-hybridized carbons (Fsp3) is 0.469. The van der Waals surface area contributed by atoms with Gasteiger partial charge in [0.25, 0.3) is 0 Å². The van der Waals surface area contributed by atoms with E-state index in [1.165, 1.54) is 18.2 Å². The summed E-state index contributed by atoms with van der Waals surface area (Å²) in [6.45, 7) is 12.1. The van der Waals surface area contributed by atoms with Gasteiger partial charge in [0.15, 0.2) is 17.3 Å². The number of halogens is 3. The van der Waals surface area contributed by atoms with E-state index in [2.05, 4.69) is 33.5 Å². The highest BCUT2D eigenvalue weighted by Gasteiger charge is 2.43. The van der Waals surface area contributed by atoms with Crippen LogP contribution < -0.4 is 14.8 Å². The van der Waals surface area contributed by atoms with Gasteiger partial charge in [0.1, 0.15) is 11.9 Å². The van der Waals surface area contributed by atoms with Gasteiger partial charge in [-0.1, -0.05) is 29.8 Å². The predicted molar refractivity (Wildman–Crippen MR) is 173 cm³/mol. The van der Waals surface area contributed by atoms with Gasteiger partial charge in [-0.05, 0) is 50.3 Å². The average Bonchev–Trinajstić information content (AvgIpc) is 3.31. The van der Waals surface area contributed by atoms with Gasteiger partial charge < -0.3 is 24.4 Å². The number of anilines is 1. The third kappa shape index (κ3) is 7.20. The number of hydrogen-bond acceptors (Lipinski definition) is 7. The van der Waals surface area contributed by atoms with E-state index in [1.807, 2.05) is 4.90 Å². The van der Waals surface area contributed by atoms with E-state index in [0.29, 0.717) is 48.0 Å². The number of amides is 1. The monoisotopic (exact) mass is 645 g/mol. The third-order valence-corrected chi connectivity index (χ3v) is 9.17. The minimum Gasteiger partial charge on any atom is -0.490 e. The van der Waals surface area contributed by atoms with Crippen molar-refractivity contribution in [1.29, 1.82) is 0 Å². The molecule has 3 aliphatic rings. The maximum atomic E-state index is 15.0. The Morgan fingerprint density at radius 1 is 1.18 bits per heavy atom. The fourth-order valence-electron chi connectivity index (χ4n) is 6.23. The summed E-state index contributed by atoms with van der Waals surface area (Å²) in [6, 6.07) is 6.78. The fourth-order valence-corrected chi connectivity index (χ4v) is 6.54. The first-order valence-corrected chi connectivity index (χ1v) is 15.6. The number of ether oxygens (including phenoxy) is 3. The Kier molecular flexibility index (Phi) is 10.8. The van der Waals surface area contributed by atoms with Crippen molar-refractivity contribution in [1.82, 2.24) is 9.80 Å². The molecular weight excluding hydrogens is 608 g/mol. The number of morpholine rings is 1. The molecule has 3 atom stereocenters. The normalized spacial score (nSPS) is 22.0. The standard InChI is InChI=1S/C32H38Cl2FN5O4/c1-4-29(41)40-20-6-7-21(40)17-22(16-20)44-28-18-23(32(37-3)38-25-9-8-24(33)30(34)31(25)35)26(36-2)19-27(28)43-13-5-10-39-11-14-42-15-12-39/h4,8-9,18-22H,1-2,5-7,10-17H2,3H3,(H,37,38)/t20-,21+,22?. The Labute approximate surface area is 267 Å². The Morgan fingerprint density at radius 2 is 1.91 bits per heavy atom. The van der Waals surface area contributed by atoms with Crippen LogP contribution >= 0.6 is 23.2 Å². The van der Waals surface area contributed by atoms with Crippen molar-refractivity contribution in [2.45, 2.75) is 50.3 Å². The summed E-state index contributed by atoms with van der Waals surface area (Å²) in [5.74, 6) is 0.658. The lowest BCUT2D eigenvalue weighted by molar-refractivity contribution is -0.131. The van der Waals surface area contributed by atoms with Gasteiger partial charge in [-0.2, -0.15) is 0 Å². The highest BCUT2D eigenvalue weighted by Crippen LogP contribution is 2.41. The maximum absolute atomic E-state index is 15.0.